The van der Waals surface area contributed by atoms with Gasteiger partial charge in [-0.15, -0.1) is 11.8 Å². The second-order valence-electron chi connectivity index (χ2n) is 5.30. The number of thioether (sulfide) groups is 1. The van der Waals surface area contributed by atoms with Crippen LogP contribution in [0, 0.1) is 6.92 Å². The molecule has 2 rings (SSSR count). The van der Waals surface area contributed by atoms with Crippen molar-refractivity contribution in [1.29, 1.82) is 0 Å². The highest BCUT2D eigenvalue weighted by Crippen LogP contribution is 2.33. The van der Waals surface area contributed by atoms with E-state index in [4.69, 9.17) is 0 Å². The first-order valence-corrected chi connectivity index (χ1v) is 7.60. The minimum atomic E-state index is -1.03. The van der Waals surface area contributed by atoms with Gasteiger partial charge in [-0.05, 0) is 45.2 Å². The second kappa shape index (κ2) is 5.87. The molecular weight excluding hydrogens is 274 g/mol. The Balaban J connectivity index is 1.95. The fourth-order valence-corrected chi connectivity index (χ4v) is 3.00. The molecule has 20 heavy (non-hydrogen) atoms. The Morgan fingerprint density at radius 3 is 2.35 bits per heavy atom. The lowest BCUT2D eigenvalue weighted by Gasteiger charge is -2.38. The monoisotopic (exact) mass is 293 g/mol. The molecule has 0 aliphatic heterocycles. The number of nitrogens with one attached hydrogen (secondary N) is 1. The molecule has 4 nitrogen and oxygen atoms in total. The number of benzene rings is 1. The summed E-state index contributed by atoms with van der Waals surface area (Å²) in [6.45, 7) is 3.81. The molecule has 1 aliphatic rings. The Morgan fingerprint density at radius 1 is 1.30 bits per heavy atom. The van der Waals surface area contributed by atoms with Crippen molar-refractivity contribution in [1.82, 2.24) is 5.32 Å². The smallest absolute Gasteiger partial charge is 0.329 e. The minimum absolute atomic E-state index is 0.210. The third kappa shape index (κ3) is 3.15. The van der Waals surface area contributed by atoms with Crippen molar-refractivity contribution < 1.29 is 14.7 Å². The van der Waals surface area contributed by atoms with Crippen LogP contribution >= 0.6 is 11.8 Å². The van der Waals surface area contributed by atoms with Gasteiger partial charge in [0, 0.05) is 4.90 Å². The molecule has 1 aromatic carbocycles. The van der Waals surface area contributed by atoms with Crippen molar-refractivity contribution in [3.8, 4) is 0 Å². The van der Waals surface area contributed by atoms with Crippen molar-refractivity contribution >= 4 is 23.6 Å². The van der Waals surface area contributed by atoms with Gasteiger partial charge in [0.1, 0.15) is 5.54 Å². The maximum atomic E-state index is 12.1. The fourth-order valence-electron chi connectivity index (χ4n) is 2.13. The zero-order valence-corrected chi connectivity index (χ0v) is 12.5. The Hall–Kier alpha value is -1.49. The lowest BCUT2D eigenvalue weighted by Crippen LogP contribution is -2.60. The van der Waals surface area contributed by atoms with Crippen molar-refractivity contribution in [2.45, 2.75) is 48.8 Å². The maximum absolute atomic E-state index is 12.1. The van der Waals surface area contributed by atoms with Crippen LogP contribution in [0.1, 0.15) is 31.7 Å². The van der Waals surface area contributed by atoms with E-state index in [0.717, 1.165) is 11.3 Å². The van der Waals surface area contributed by atoms with Crippen LogP contribution in [0.2, 0.25) is 0 Å². The van der Waals surface area contributed by atoms with Crippen LogP contribution in [0.3, 0.4) is 0 Å². The zero-order chi connectivity index (χ0) is 14.8. The number of aryl methyl sites for hydroxylation is 1. The largest absolute Gasteiger partial charge is 0.480 e. The van der Waals surface area contributed by atoms with E-state index in [1.54, 1.807) is 6.92 Å². The molecular formula is C15H19NO3S. The van der Waals surface area contributed by atoms with Crippen LogP contribution in [0.5, 0.6) is 0 Å². The van der Waals surface area contributed by atoms with E-state index in [0.29, 0.717) is 12.8 Å². The molecule has 108 valence electrons. The molecule has 0 spiro atoms. The Kier molecular flexibility index (Phi) is 4.38. The Labute approximate surface area is 123 Å². The number of rotatable bonds is 5. The molecule has 0 heterocycles. The summed E-state index contributed by atoms with van der Waals surface area (Å²) in [6, 6.07) is 7.94. The maximum Gasteiger partial charge on any atom is 0.329 e. The zero-order valence-electron chi connectivity index (χ0n) is 11.7. The van der Waals surface area contributed by atoms with E-state index in [1.807, 2.05) is 31.2 Å². The van der Waals surface area contributed by atoms with Gasteiger partial charge in [0.05, 0.1) is 5.25 Å². The predicted molar refractivity (Wildman–Crippen MR) is 78.9 cm³/mol. The first kappa shape index (κ1) is 14.9. The van der Waals surface area contributed by atoms with Gasteiger partial charge in [0.2, 0.25) is 5.91 Å². The summed E-state index contributed by atoms with van der Waals surface area (Å²) in [5.74, 6) is -1.14. The van der Waals surface area contributed by atoms with Gasteiger partial charge >= 0.3 is 5.97 Å². The van der Waals surface area contributed by atoms with E-state index in [1.165, 1.54) is 17.3 Å². The molecule has 1 aliphatic carbocycles. The number of hydrogen-bond acceptors (Lipinski definition) is 3. The van der Waals surface area contributed by atoms with Crippen molar-refractivity contribution in [2.75, 3.05) is 0 Å². The second-order valence-corrected chi connectivity index (χ2v) is 6.72. The lowest BCUT2D eigenvalue weighted by molar-refractivity contribution is -0.151. The highest BCUT2D eigenvalue weighted by molar-refractivity contribution is 8.00. The van der Waals surface area contributed by atoms with Crippen LogP contribution in [0.15, 0.2) is 29.2 Å². The van der Waals surface area contributed by atoms with E-state index < -0.39 is 11.5 Å². The van der Waals surface area contributed by atoms with Gasteiger partial charge < -0.3 is 10.4 Å². The highest BCUT2D eigenvalue weighted by Gasteiger charge is 2.46. The van der Waals surface area contributed by atoms with Crippen LogP contribution in [0.25, 0.3) is 0 Å². The predicted octanol–water partition coefficient (Wildman–Crippen LogP) is 2.60. The van der Waals surface area contributed by atoms with Crippen LogP contribution in [-0.4, -0.2) is 27.8 Å². The molecule has 2 N–H and O–H groups in total. The topological polar surface area (TPSA) is 66.4 Å². The van der Waals surface area contributed by atoms with Gasteiger partial charge in [0.25, 0.3) is 0 Å². The Bertz CT molecular complexity index is 508. The number of aliphatic carboxylic acids is 1. The van der Waals surface area contributed by atoms with Gasteiger partial charge in [-0.3, -0.25) is 4.79 Å². The number of carbonyl (C=O) groups excluding carboxylic acids is 1. The lowest BCUT2D eigenvalue weighted by atomic mass is 9.76. The Morgan fingerprint density at radius 2 is 1.90 bits per heavy atom. The first-order valence-electron chi connectivity index (χ1n) is 6.72. The van der Waals surface area contributed by atoms with Crippen molar-refractivity contribution in [3.63, 3.8) is 0 Å². The summed E-state index contributed by atoms with van der Waals surface area (Å²) in [4.78, 5) is 24.4. The summed E-state index contributed by atoms with van der Waals surface area (Å²) >= 11 is 1.44. The molecule has 1 saturated carbocycles. The SMILES string of the molecule is Cc1ccc(S[C@@H](C)C(=O)NC2(C(=O)O)CCC2)cc1. The van der Waals surface area contributed by atoms with Crippen molar-refractivity contribution in [2.24, 2.45) is 0 Å². The number of carboxylic acids is 1. The van der Waals surface area contributed by atoms with Crippen LogP contribution in [0.4, 0.5) is 0 Å². The number of hydrogen-bond donors (Lipinski definition) is 2. The third-order valence-corrected chi connectivity index (χ3v) is 4.79. The molecule has 1 atom stereocenters. The molecule has 5 heteroatoms. The first-order chi connectivity index (χ1) is 9.43. The molecule has 0 bridgehead atoms. The summed E-state index contributed by atoms with van der Waals surface area (Å²) in [7, 11) is 0. The van der Waals surface area contributed by atoms with Gasteiger partial charge in [-0.2, -0.15) is 0 Å². The van der Waals surface area contributed by atoms with Gasteiger partial charge in [0.15, 0.2) is 0 Å². The van der Waals surface area contributed by atoms with Gasteiger partial charge in [-0.25, -0.2) is 4.79 Å². The quantitative estimate of drug-likeness (QED) is 0.819. The number of carbonyl (C=O) groups is 2. The van der Waals surface area contributed by atoms with E-state index in [2.05, 4.69) is 5.32 Å². The molecule has 0 aromatic heterocycles. The van der Waals surface area contributed by atoms with Crippen molar-refractivity contribution in [3.05, 3.63) is 29.8 Å². The third-order valence-electron chi connectivity index (χ3n) is 3.68. The average Bonchev–Trinajstić information content (AvgIpc) is 2.35. The molecule has 1 amide bonds. The number of carboxylic acid groups (broad SMARTS) is 1. The molecule has 0 radical (unpaired) electrons. The number of amides is 1. The molecule has 1 fully saturated rings. The van der Waals surface area contributed by atoms with E-state index in [-0.39, 0.29) is 11.2 Å². The summed E-state index contributed by atoms with van der Waals surface area (Å²) in [6.07, 6.45) is 1.90. The van der Waals surface area contributed by atoms with Gasteiger partial charge in [-0.1, -0.05) is 17.7 Å². The normalized spacial score (nSPS) is 17.9. The van der Waals surface area contributed by atoms with E-state index in [9.17, 15) is 14.7 Å². The summed E-state index contributed by atoms with van der Waals surface area (Å²) in [5.41, 5.74) is 0.143. The fraction of sp³-hybridized carbons (Fsp3) is 0.467. The summed E-state index contributed by atoms with van der Waals surface area (Å²) < 4.78 is 0. The highest BCUT2D eigenvalue weighted by atomic mass is 32.2. The molecule has 1 aromatic rings. The van der Waals surface area contributed by atoms with Crippen LogP contribution in [-0.2, 0) is 9.59 Å². The molecule has 0 unspecified atom stereocenters. The average molecular weight is 293 g/mol. The van der Waals surface area contributed by atoms with E-state index >= 15 is 0 Å². The summed E-state index contributed by atoms with van der Waals surface area (Å²) in [5, 5.41) is 11.6. The molecule has 0 saturated heterocycles. The van der Waals surface area contributed by atoms with Crippen LogP contribution < -0.4 is 5.32 Å². The standard InChI is InChI=1S/C15H19NO3S/c1-10-4-6-12(7-5-10)20-11(2)13(17)16-15(14(18)19)8-3-9-15/h4-7,11H,3,8-9H2,1-2H3,(H,16,17)(H,18,19)/t11-/m0/s1. The minimum Gasteiger partial charge on any atom is -0.480 e.